The second-order valence-corrected chi connectivity index (χ2v) is 3.78. The fourth-order valence-electron chi connectivity index (χ4n) is 1.97. The van der Waals surface area contributed by atoms with E-state index in [1.165, 1.54) is 18.4 Å². The second kappa shape index (κ2) is 4.26. The lowest BCUT2D eigenvalue weighted by Crippen LogP contribution is -2.28. The summed E-state index contributed by atoms with van der Waals surface area (Å²) in [7, 11) is 0. The molecule has 1 N–H and O–H groups in total. The van der Waals surface area contributed by atoms with Crippen LogP contribution in [0.5, 0.6) is 0 Å². The van der Waals surface area contributed by atoms with Gasteiger partial charge in [-0.15, -0.1) is 0 Å². The van der Waals surface area contributed by atoms with Crippen molar-refractivity contribution in [3.63, 3.8) is 0 Å². The molecule has 2 nitrogen and oxygen atoms in total. The minimum Gasteiger partial charge on any atom is -0.316 e. The Kier molecular flexibility index (Phi) is 2.81. The number of nitrogens with zero attached hydrogens (tertiary/aromatic N) is 1. The Bertz CT molecular complexity index is 328. The molecule has 0 spiro atoms. The van der Waals surface area contributed by atoms with E-state index in [1.807, 2.05) is 12.1 Å². The third-order valence-electron chi connectivity index (χ3n) is 2.81. The normalized spacial score (nSPS) is 21.5. The molecule has 0 radical (unpaired) electrons. The summed E-state index contributed by atoms with van der Waals surface area (Å²) in [6.07, 6.45) is 2.52. The standard InChI is InChI=1S/C12H14N2/c13-8-10-3-5-11(6-4-10)12-2-1-7-14-9-12/h3-6,12,14H,1-2,7,9H2. The van der Waals surface area contributed by atoms with E-state index in [0.717, 1.165) is 18.7 Å². The van der Waals surface area contributed by atoms with Crippen LogP contribution in [0.1, 0.15) is 29.9 Å². The van der Waals surface area contributed by atoms with E-state index in [4.69, 9.17) is 5.26 Å². The van der Waals surface area contributed by atoms with Gasteiger partial charge in [0.15, 0.2) is 0 Å². The molecule has 1 aliphatic heterocycles. The molecule has 1 heterocycles. The van der Waals surface area contributed by atoms with Gasteiger partial charge in [0.2, 0.25) is 0 Å². The Labute approximate surface area is 84.6 Å². The highest BCUT2D eigenvalue weighted by Gasteiger charge is 2.14. The molecule has 0 saturated carbocycles. The molecule has 1 fully saturated rings. The first kappa shape index (κ1) is 9.23. The summed E-state index contributed by atoms with van der Waals surface area (Å²) in [5, 5.41) is 12.1. The number of rotatable bonds is 1. The van der Waals surface area contributed by atoms with E-state index in [2.05, 4.69) is 23.5 Å². The van der Waals surface area contributed by atoms with Crippen LogP contribution < -0.4 is 5.32 Å². The van der Waals surface area contributed by atoms with Crippen molar-refractivity contribution >= 4 is 0 Å². The summed E-state index contributed by atoms with van der Waals surface area (Å²) < 4.78 is 0. The van der Waals surface area contributed by atoms with Crippen molar-refractivity contribution in [3.05, 3.63) is 35.4 Å². The molecular weight excluding hydrogens is 172 g/mol. The van der Waals surface area contributed by atoms with E-state index < -0.39 is 0 Å². The summed E-state index contributed by atoms with van der Waals surface area (Å²) in [5.41, 5.74) is 2.11. The van der Waals surface area contributed by atoms with Crippen LogP contribution in [0.2, 0.25) is 0 Å². The summed E-state index contributed by atoms with van der Waals surface area (Å²) in [6, 6.07) is 10.1. The van der Waals surface area contributed by atoms with Crippen LogP contribution >= 0.6 is 0 Å². The lowest BCUT2D eigenvalue weighted by molar-refractivity contribution is 0.461. The van der Waals surface area contributed by atoms with Crippen molar-refractivity contribution in [2.75, 3.05) is 13.1 Å². The van der Waals surface area contributed by atoms with Gasteiger partial charge in [0.05, 0.1) is 11.6 Å². The van der Waals surface area contributed by atoms with Gasteiger partial charge in [-0.1, -0.05) is 12.1 Å². The molecule has 1 aromatic carbocycles. The van der Waals surface area contributed by atoms with E-state index in [1.54, 1.807) is 0 Å². The van der Waals surface area contributed by atoms with Crippen LogP contribution in [0.25, 0.3) is 0 Å². The van der Waals surface area contributed by atoms with Crippen molar-refractivity contribution in [2.45, 2.75) is 18.8 Å². The Hall–Kier alpha value is -1.33. The smallest absolute Gasteiger partial charge is 0.0991 e. The predicted octanol–water partition coefficient (Wildman–Crippen LogP) is 2.03. The van der Waals surface area contributed by atoms with E-state index in [-0.39, 0.29) is 0 Å². The number of nitrogens with one attached hydrogen (secondary N) is 1. The molecule has 0 amide bonds. The van der Waals surface area contributed by atoms with Crippen molar-refractivity contribution in [2.24, 2.45) is 0 Å². The number of hydrogen-bond acceptors (Lipinski definition) is 2. The van der Waals surface area contributed by atoms with Crippen molar-refractivity contribution in [1.29, 1.82) is 5.26 Å². The maximum absolute atomic E-state index is 8.68. The molecule has 2 heteroatoms. The molecule has 1 unspecified atom stereocenters. The van der Waals surface area contributed by atoms with Gasteiger partial charge < -0.3 is 5.32 Å². The molecule has 1 aliphatic rings. The van der Waals surface area contributed by atoms with Crippen molar-refractivity contribution in [3.8, 4) is 6.07 Å². The van der Waals surface area contributed by atoms with Gasteiger partial charge in [-0.05, 0) is 43.0 Å². The van der Waals surface area contributed by atoms with Crippen LogP contribution in [0.15, 0.2) is 24.3 Å². The third kappa shape index (κ3) is 1.94. The number of hydrogen-bond donors (Lipinski definition) is 1. The third-order valence-corrected chi connectivity index (χ3v) is 2.81. The average Bonchev–Trinajstić information content (AvgIpc) is 2.30. The zero-order valence-corrected chi connectivity index (χ0v) is 8.16. The van der Waals surface area contributed by atoms with Crippen LogP contribution in [0, 0.1) is 11.3 Å². The van der Waals surface area contributed by atoms with E-state index in [9.17, 15) is 0 Å². The van der Waals surface area contributed by atoms with Crippen LogP contribution in [-0.2, 0) is 0 Å². The van der Waals surface area contributed by atoms with Gasteiger partial charge in [-0.3, -0.25) is 0 Å². The monoisotopic (exact) mass is 186 g/mol. The molecule has 1 saturated heterocycles. The summed E-state index contributed by atoms with van der Waals surface area (Å²) in [5.74, 6) is 0.636. The summed E-state index contributed by atoms with van der Waals surface area (Å²) >= 11 is 0. The first-order valence-corrected chi connectivity index (χ1v) is 5.11. The molecule has 0 aliphatic carbocycles. The highest BCUT2D eigenvalue weighted by atomic mass is 14.9. The zero-order valence-electron chi connectivity index (χ0n) is 8.16. The minimum absolute atomic E-state index is 0.636. The van der Waals surface area contributed by atoms with Gasteiger partial charge in [-0.25, -0.2) is 0 Å². The predicted molar refractivity (Wildman–Crippen MR) is 56.0 cm³/mol. The molecule has 0 bridgehead atoms. The summed E-state index contributed by atoms with van der Waals surface area (Å²) in [6.45, 7) is 2.22. The molecular formula is C12H14N2. The van der Waals surface area contributed by atoms with Crippen molar-refractivity contribution in [1.82, 2.24) is 5.32 Å². The SMILES string of the molecule is N#Cc1ccc(C2CCCNC2)cc1. The van der Waals surface area contributed by atoms with E-state index in [0.29, 0.717) is 5.92 Å². The Balaban J connectivity index is 2.12. The fourth-order valence-corrected chi connectivity index (χ4v) is 1.97. The molecule has 0 aromatic heterocycles. The zero-order chi connectivity index (χ0) is 9.80. The molecule has 72 valence electrons. The molecule has 1 atom stereocenters. The van der Waals surface area contributed by atoms with Crippen molar-refractivity contribution < 1.29 is 0 Å². The maximum Gasteiger partial charge on any atom is 0.0991 e. The minimum atomic E-state index is 0.636. The second-order valence-electron chi connectivity index (χ2n) is 3.78. The summed E-state index contributed by atoms with van der Waals surface area (Å²) in [4.78, 5) is 0. The molecule has 1 aromatic rings. The lowest BCUT2D eigenvalue weighted by Gasteiger charge is -2.22. The van der Waals surface area contributed by atoms with Gasteiger partial charge >= 0.3 is 0 Å². The van der Waals surface area contributed by atoms with Gasteiger partial charge in [0.25, 0.3) is 0 Å². The number of piperidine rings is 1. The van der Waals surface area contributed by atoms with Gasteiger partial charge in [0.1, 0.15) is 0 Å². The van der Waals surface area contributed by atoms with E-state index >= 15 is 0 Å². The van der Waals surface area contributed by atoms with Crippen LogP contribution in [0.4, 0.5) is 0 Å². The highest BCUT2D eigenvalue weighted by molar-refractivity contribution is 5.33. The Morgan fingerprint density at radius 3 is 2.64 bits per heavy atom. The lowest BCUT2D eigenvalue weighted by atomic mass is 9.91. The highest BCUT2D eigenvalue weighted by Crippen LogP contribution is 2.22. The Morgan fingerprint density at radius 1 is 1.29 bits per heavy atom. The largest absolute Gasteiger partial charge is 0.316 e. The average molecular weight is 186 g/mol. The number of nitriles is 1. The number of benzene rings is 1. The quantitative estimate of drug-likeness (QED) is 0.728. The topological polar surface area (TPSA) is 35.8 Å². The molecule has 14 heavy (non-hydrogen) atoms. The molecule has 2 rings (SSSR count). The maximum atomic E-state index is 8.68. The fraction of sp³-hybridized carbons (Fsp3) is 0.417. The van der Waals surface area contributed by atoms with Crippen LogP contribution in [0.3, 0.4) is 0 Å². The first-order chi connectivity index (χ1) is 6.90. The van der Waals surface area contributed by atoms with Crippen LogP contribution in [-0.4, -0.2) is 13.1 Å². The van der Waals surface area contributed by atoms with Gasteiger partial charge in [0, 0.05) is 6.54 Å². The Morgan fingerprint density at radius 2 is 2.07 bits per heavy atom. The van der Waals surface area contributed by atoms with Gasteiger partial charge in [-0.2, -0.15) is 5.26 Å². The first-order valence-electron chi connectivity index (χ1n) is 5.11.